The highest BCUT2D eigenvalue weighted by molar-refractivity contribution is 8.00. The molecule has 0 bridgehead atoms. The Balaban J connectivity index is 1.29. The van der Waals surface area contributed by atoms with E-state index in [1.165, 1.54) is 16.7 Å². The van der Waals surface area contributed by atoms with Crippen LogP contribution in [-0.2, 0) is 10.2 Å². The van der Waals surface area contributed by atoms with Crippen LogP contribution in [0.25, 0.3) is 0 Å². The van der Waals surface area contributed by atoms with Crippen molar-refractivity contribution in [1.82, 2.24) is 0 Å². The number of benzene rings is 6. The van der Waals surface area contributed by atoms with E-state index in [1.807, 2.05) is 84.6 Å². The first-order valence-electron chi connectivity index (χ1n) is 18.6. The maximum absolute atomic E-state index is 12.8. The van der Waals surface area contributed by atoms with Crippen LogP contribution < -0.4 is 9.47 Å². The second kappa shape index (κ2) is 18.0. The summed E-state index contributed by atoms with van der Waals surface area (Å²) < 4.78 is 11.1. The minimum absolute atomic E-state index is 0.191. The number of unbranched alkanes of at least 4 members (excludes halogenated alkanes) is 2. The summed E-state index contributed by atoms with van der Waals surface area (Å²) in [5.41, 5.74) is 2.66. The van der Waals surface area contributed by atoms with Crippen LogP contribution in [-0.4, -0.2) is 53.6 Å². The Hall–Kier alpha value is -4.85. The summed E-state index contributed by atoms with van der Waals surface area (Å²) in [5.74, 6) is 1.96. The van der Waals surface area contributed by atoms with Crippen molar-refractivity contribution in [2.24, 2.45) is 0 Å². The molecule has 0 aromatic heterocycles. The standard InChI is InChI=1S/C48H50O5S/c1-52-42-31-32-43(44(35-42)53-2)47(37-21-9-3-10-22-37,38-23-11-4-12-24-38)45(50)46(51,36-49)33-19-8-20-34-54-48(39-25-13-5-14-26-39,40-27-15-6-16-28-40)41-29-17-7-18-30-41/h3-7,9-18,21-32,35,45,49-51H,8,19-20,33-34,36H2,1-2H3. The van der Waals surface area contributed by atoms with Crippen LogP contribution in [0.4, 0.5) is 0 Å². The monoisotopic (exact) mass is 738 g/mol. The van der Waals surface area contributed by atoms with Crippen molar-refractivity contribution in [2.45, 2.75) is 47.6 Å². The van der Waals surface area contributed by atoms with Gasteiger partial charge in [0.05, 0.1) is 31.0 Å². The number of aliphatic hydroxyl groups excluding tert-OH is 2. The number of rotatable bonds is 18. The summed E-state index contributed by atoms with van der Waals surface area (Å²) in [5, 5.41) is 36.2. The van der Waals surface area contributed by atoms with Gasteiger partial charge in [0.25, 0.3) is 0 Å². The second-order valence-corrected chi connectivity index (χ2v) is 15.0. The molecule has 0 aliphatic heterocycles. The molecule has 0 saturated carbocycles. The van der Waals surface area contributed by atoms with E-state index in [1.54, 1.807) is 20.3 Å². The third kappa shape index (κ3) is 7.71. The van der Waals surface area contributed by atoms with Gasteiger partial charge in [-0.2, -0.15) is 0 Å². The number of hydrogen-bond donors (Lipinski definition) is 3. The SMILES string of the molecule is COc1ccc(C(c2ccccc2)(c2ccccc2)C(O)C(O)(CO)CCCCCSC(c2ccccc2)(c2ccccc2)c2ccccc2)c(OC)c1. The topological polar surface area (TPSA) is 79.2 Å². The molecule has 0 aliphatic carbocycles. The van der Waals surface area contributed by atoms with E-state index in [-0.39, 0.29) is 6.42 Å². The number of methoxy groups -OCH3 is 2. The predicted octanol–water partition coefficient (Wildman–Crippen LogP) is 9.41. The Kier molecular flexibility index (Phi) is 12.9. The summed E-state index contributed by atoms with van der Waals surface area (Å²) in [7, 11) is 3.18. The molecular weight excluding hydrogens is 689 g/mol. The lowest BCUT2D eigenvalue weighted by Gasteiger charge is -2.47. The highest BCUT2D eigenvalue weighted by Crippen LogP contribution is 2.51. The van der Waals surface area contributed by atoms with Crippen molar-refractivity contribution in [3.63, 3.8) is 0 Å². The molecule has 54 heavy (non-hydrogen) atoms. The predicted molar refractivity (Wildman–Crippen MR) is 220 cm³/mol. The molecule has 0 spiro atoms. The Morgan fingerprint density at radius 3 is 1.41 bits per heavy atom. The van der Waals surface area contributed by atoms with Gasteiger partial charge in [0.15, 0.2) is 0 Å². The fraction of sp³-hybridized carbons (Fsp3) is 0.250. The zero-order chi connectivity index (χ0) is 37.9. The Bertz CT molecular complexity index is 1870. The van der Waals surface area contributed by atoms with Crippen LogP contribution >= 0.6 is 11.8 Å². The Labute approximate surface area is 324 Å². The van der Waals surface area contributed by atoms with Crippen molar-refractivity contribution in [3.05, 3.63) is 203 Å². The van der Waals surface area contributed by atoms with Crippen LogP contribution in [0.15, 0.2) is 170 Å². The normalized spacial score (nSPS) is 13.5. The number of hydrogen-bond acceptors (Lipinski definition) is 6. The molecule has 0 heterocycles. The number of ether oxygens (including phenoxy) is 2. The van der Waals surface area contributed by atoms with E-state index in [2.05, 4.69) is 91.0 Å². The first-order valence-corrected chi connectivity index (χ1v) is 19.6. The average molecular weight is 739 g/mol. The minimum Gasteiger partial charge on any atom is -0.497 e. The quantitative estimate of drug-likeness (QED) is 0.0603. The van der Waals surface area contributed by atoms with Gasteiger partial charge in [-0.1, -0.05) is 171 Å². The van der Waals surface area contributed by atoms with Gasteiger partial charge in [0, 0.05) is 11.6 Å². The van der Waals surface area contributed by atoms with Gasteiger partial charge in [0.2, 0.25) is 0 Å². The summed E-state index contributed by atoms with van der Waals surface area (Å²) >= 11 is 1.92. The first kappa shape index (κ1) is 38.9. The molecule has 3 N–H and O–H groups in total. The molecule has 2 unspecified atom stereocenters. The van der Waals surface area contributed by atoms with Gasteiger partial charge in [0.1, 0.15) is 23.2 Å². The van der Waals surface area contributed by atoms with E-state index in [0.29, 0.717) is 23.5 Å². The first-order chi connectivity index (χ1) is 26.4. The summed E-state index contributed by atoms with van der Waals surface area (Å²) in [4.78, 5) is 0. The molecule has 278 valence electrons. The lowest BCUT2D eigenvalue weighted by molar-refractivity contribution is -0.128. The summed E-state index contributed by atoms with van der Waals surface area (Å²) in [6, 6.07) is 56.9. The van der Waals surface area contributed by atoms with Gasteiger partial charge in [-0.25, -0.2) is 0 Å². The minimum atomic E-state index is -1.86. The van der Waals surface area contributed by atoms with E-state index >= 15 is 0 Å². The molecule has 0 saturated heterocycles. The molecule has 2 atom stereocenters. The van der Waals surface area contributed by atoms with Crippen LogP contribution in [0.3, 0.4) is 0 Å². The molecule has 6 aromatic carbocycles. The molecule has 0 aliphatic rings. The smallest absolute Gasteiger partial charge is 0.127 e. The van der Waals surface area contributed by atoms with Crippen molar-refractivity contribution in [3.8, 4) is 11.5 Å². The van der Waals surface area contributed by atoms with Gasteiger partial charge in [-0.3, -0.25) is 0 Å². The van der Waals surface area contributed by atoms with Crippen LogP contribution in [0.1, 0.15) is 59.1 Å². The molecule has 0 fully saturated rings. The molecule has 5 nitrogen and oxygen atoms in total. The highest BCUT2D eigenvalue weighted by atomic mass is 32.2. The van der Waals surface area contributed by atoms with Crippen molar-refractivity contribution in [1.29, 1.82) is 0 Å². The molecule has 0 radical (unpaired) electrons. The molecular formula is C48H50O5S. The highest BCUT2D eigenvalue weighted by Gasteiger charge is 2.53. The lowest BCUT2D eigenvalue weighted by atomic mass is 9.61. The third-order valence-corrected chi connectivity index (χ3v) is 12.2. The Morgan fingerprint density at radius 1 is 0.556 bits per heavy atom. The largest absolute Gasteiger partial charge is 0.497 e. The zero-order valence-corrected chi connectivity index (χ0v) is 31.9. The van der Waals surface area contributed by atoms with Gasteiger partial charge < -0.3 is 24.8 Å². The van der Waals surface area contributed by atoms with E-state index in [0.717, 1.165) is 29.7 Å². The molecule has 0 amide bonds. The molecule has 6 heteroatoms. The average Bonchev–Trinajstić information content (AvgIpc) is 3.25. The van der Waals surface area contributed by atoms with Crippen LogP contribution in [0.5, 0.6) is 11.5 Å². The number of thioether (sulfide) groups is 1. The van der Waals surface area contributed by atoms with Crippen molar-refractivity contribution < 1.29 is 24.8 Å². The van der Waals surface area contributed by atoms with E-state index in [4.69, 9.17) is 9.47 Å². The lowest BCUT2D eigenvalue weighted by Crippen LogP contribution is -2.58. The van der Waals surface area contributed by atoms with Crippen LogP contribution in [0, 0.1) is 0 Å². The van der Waals surface area contributed by atoms with Gasteiger partial charge >= 0.3 is 0 Å². The number of aliphatic hydroxyl groups is 3. The molecule has 6 rings (SSSR count). The maximum Gasteiger partial charge on any atom is 0.127 e. The van der Waals surface area contributed by atoms with E-state index < -0.39 is 28.5 Å². The maximum atomic E-state index is 12.8. The van der Waals surface area contributed by atoms with E-state index in [9.17, 15) is 15.3 Å². The Morgan fingerprint density at radius 2 is 1.00 bits per heavy atom. The third-order valence-electron chi connectivity index (χ3n) is 10.6. The fourth-order valence-electron chi connectivity index (χ4n) is 7.88. The van der Waals surface area contributed by atoms with Crippen LogP contribution in [0.2, 0.25) is 0 Å². The second-order valence-electron chi connectivity index (χ2n) is 13.7. The van der Waals surface area contributed by atoms with Crippen molar-refractivity contribution >= 4 is 11.8 Å². The summed E-state index contributed by atoms with van der Waals surface area (Å²) in [6.07, 6.45) is 1.01. The van der Waals surface area contributed by atoms with Gasteiger partial charge in [-0.05, 0) is 52.5 Å². The summed E-state index contributed by atoms with van der Waals surface area (Å²) in [6.45, 7) is -0.623. The van der Waals surface area contributed by atoms with Crippen molar-refractivity contribution in [2.75, 3.05) is 26.6 Å². The fourth-order valence-corrected chi connectivity index (χ4v) is 9.44. The molecule has 6 aromatic rings. The van der Waals surface area contributed by atoms with Gasteiger partial charge in [-0.15, -0.1) is 11.8 Å². The zero-order valence-electron chi connectivity index (χ0n) is 31.1.